The Bertz CT molecular complexity index is 750. The Morgan fingerprint density at radius 1 is 1.19 bits per heavy atom. The first-order chi connectivity index (χ1) is 12.9. The van der Waals surface area contributed by atoms with Gasteiger partial charge >= 0.3 is 6.09 Å². The molecule has 6 nitrogen and oxygen atoms in total. The Balaban J connectivity index is 1.54. The van der Waals surface area contributed by atoms with Crippen LogP contribution < -0.4 is 10.2 Å². The summed E-state index contributed by atoms with van der Waals surface area (Å²) < 4.78 is 5.34. The number of benzene rings is 1. The third-order valence-electron chi connectivity index (χ3n) is 4.44. The van der Waals surface area contributed by atoms with Gasteiger partial charge in [-0.1, -0.05) is 30.3 Å². The number of rotatable bonds is 4. The molecule has 0 unspecified atom stereocenters. The molecule has 27 heavy (non-hydrogen) atoms. The van der Waals surface area contributed by atoms with E-state index >= 15 is 0 Å². The van der Waals surface area contributed by atoms with Gasteiger partial charge in [-0.15, -0.1) is 0 Å². The van der Waals surface area contributed by atoms with Gasteiger partial charge in [-0.05, 0) is 45.2 Å². The van der Waals surface area contributed by atoms with Crippen molar-refractivity contribution in [3.05, 3.63) is 54.0 Å². The van der Waals surface area contributed by atoms with Gasteiger partial charge in [0.2, 0.25) is 0 Å². The number of hydrogen-bond acceptors (Lipinski definition) is 5. The summed E-state index contributed by atoms with van der Waals surface area (Å²) in [6, 6.07) is 12.3. The second-order valence-corrected chi connectivity index (χ2v) is 7.90. The smallest absolute Gasteiger partial charge is 0.407 e. The van der Waals surface area contributed by atoms with Gasteiger partial charge in [0.25, 0.3) is 0 Å². The molecule has 0 saturated carbocycles. The molecule has 0 aliphatic carbocycles. The van der Waals surface area contributed by atoms with Gasteiger partial charge in [0.1, 0.15) is 17.2 Å². The average molecular weight is 368 g/mol. The van der Waals surface area contributed by atoms with Gasteiger partial charge in [0.15, 0.2) is 0 Å². The summed E-state index contributed by atoms with van der Waals surface area (Å²) in [6.07, 6.45) is 3.96. The van der Waals surface area contributed by atoms with E-state index in [4.69, 9.17) is 9.72 Å². The summed E-state index contributed by atoms with van der Waals surface area (Å²) in [5.41, 5.74) is 0.732. The highest BCUT2D eigenvalue weighted by Gasteiger charge is 2.24. The normalized spacial score (nSPS) is 15.4. The Morgan fingerprint density at radius 3 is 2.56 bits per heavy atom. The zero-order valence-corrected chi connectivity index (χ0v) is 16.3. The molecule has 1 aromatic carbocycles. The van der Waals surface area contributed by atoms with E-state index < -0.39 is 5.60 Å². The van der Waals surface area contributed by atoms with Crippen LogP contribution in [0, 0.1) is 0 Å². The third kappa shape index (κ3) is 5.94. The van der Waals surface area contributed by atoms with Crippen molar-refractivity contribution in [2.45, 2.75) is 51.7 Å². The van der Waals surface area contributed by atoms with E-state index in [9.17, 15) is 4.79 Å². The topological polar surface area (TPSA) is 67.3 Å². The second-order valence-electron chi connectivity index (χ2n) is 7.90. The predicted molar refractivity (Wildman–Crippen MR) is 106 cm³/mol. The fraction of sp³-hybridized carbons (Fsp3) is 0.476. The number of nitrogens with one attached hydrogen (secondary N) is 1. The molecule has 2 aromatic rings. The van der Waals surface area contributed by atoms with Crippen LogP contribution >= 0.6 is 0 Å². The van der Waals surface area contributed by atoms with Crippen LogP contribution in [0.5, 0.6) is 0 Å². The third-order valence-corrected chi connectivity index (χ3v) is 4.44. The SMILES string of the molecule is CC(C)(C)OC(=O)NC1CCN(c2ccnc(Cc3ccccc3)n2)CC1. The minimum absolute atomic E-state index is 0.140. The van der Waals surface area contributed by atoms with Gasteiger partial charge in [0, 0.05) is 31.7 Å². The first kappa shape index (κ1) is 19.1. The van der Waals surface area contributed by atoms with E-state index in [0.717, 1.165) is 44.0 Å². The van der Waals surface area contributed by atoms with Crippen molar-refractivity contribution < 1.29 is 9.53 Å². The van der Waals surface area contributed by atoms with Crippen molar-refractivity contribution in [1.82, 2.24) is 15.3 Å². The van der Waals surface area contributed by atoms with Crippen molar-refractivity contribution in [3.8, 4) is 0 Å². The van der Waals surface area contributed by atoms with Gasteiger partial charge in [-0.25, -0.2) is 14.8 Å². The van der Waals surface area contributed by atoms with Crippen LogP contribution in [0.1, 0.15) is 45.0 Å². The number of nitrogens with zero attached hydrogens (tertiary/aromatic N) is 3. The maximum Gasteiger partial charge on any atom is 0.407 e. The van der Waals surface area contributed by atoms with Gasteiger partial charge in [-0.2, -0.15) is 0 Å². The van der Waals surface area contributed by atoms with E-state index in [0.29, 0.717) is 0 Å². The average Bonchev–Trinajstić information content (AvgIpc) is 2.62. The van der Waals surface area contributed by atoms with E-state index in [1.807, 2.05) is 51.2 Å². The molecule has 1 aliphatic heterocycles. The van der Waals surface area contributed by atoms with Gasteiger partial charge in [-0.3, -0.25) is 0 Å². The summed E-state index contributed by atoms with van der Waals surface area (Å²) in [5.74, 6) is 1.78. The molecule has 1 amide bonds. The van der Waals surface area contributed by atoms with Crippen LogP contribution in [-0.4, -0.2) is 40.8 Å². The minimum Gasteiger partial charge on any atom is -0.444 e. The largest absolute Gasteiger partial charge is 0.444 e. The van der Waals surface area contributed by atoms with Crippen LogP contribution in [0.2, 0.25) is 0 Å². The summed E-state index contributed by atoms with van der Waals surface area (Å²) in [6.45, 7) is 7.32. The van der Waals surface area contributed by atoms with Crippen molar-refractivity contribution in [3.63, 3.8) is 0 Å². The van der Waals surface area contributed by atoms with Crippen LogP contribution in [0.3, 0.4) is 0 Å². The Hall–Kier alpha value is -2.63. The Labute approximate surface area is 161 Å². The number of ether oxygens (including phenoxy) is 1. The molecule has 0 radical (unpaired) electrons. The lowest BCUT2D eigenvalue weighted by molar-refractivity contribution is 0.0497. The first-order valence-electron chi connectivity index (χ1n) is 9.49. The maximum absolute atomic E-state index is 11.9. The molecule has 0 atom stereocenters. The molecule has 2 heterocycles. The predicted octanol–water partition coefficient (Wildman–Crippen LogP) is 3.56. The number of alkyl carbamates (subject to hydrolysis) is 1. The maximum atomic E-state index is 11.9. The lowest BCUT2D eigenvalue weighted by Crippen LogP contribution is -2.46. The number of carbonyl (C=O) groups excluding carboxylic acids is 1. The monoisotopic (exact) mass is 368 g/mol. The molecule has 3 rings (SSSR count). The van der Waals surface area contributed by atoms with E-state index in [-0.39, 0.29) is 12.1 Å². The zero-order chi connectivity index (χ0) is 19.3. The highest BCUT2D eigenvalue weighted by Crippen LogP contribution is 2.19. The number of aromatic nitrogens is 2. The minimum atomic E-state index is -0.471. The molecule has 1 aromatic heterocycles. The standard InChI is InChI=1S/C21H28N4O2/c1-21(2,3)27-20(26)23-17-10-13-25(14-11-17)19-9-12-22-18(24-19)15-16-7-5-4-6-8-16/h4-9,12,17H,10-11,13-15H2,1-3H3,(H,23,26). The molecule has 144 valence electrons. The summed E-state index contributed by atoms with van der Waals surface area (Å²) in [4.78, 5) is 23.3. The summed E-state index contributed by atoms with van der Waals surface area (Å²) >= 11 is 0. The van der Waals surface area contributed by atoms with Gasteiger partial charge in [0.05, 0.1) is 0 Å². The summed E-state index contributed by atoms with van der Waals surface area (Å²) in [5, 5.41) is 2.97. The number of anilines is 1. The fourth-order valence-electron chi connectivity index (χ4n) is 3.16. The van der Waals surface area contributed by atoms with Crippen molar-refractivity contribution >= 4 is 11.9 Å². The van der Waals surface area contributed by atoms with Crippen LogP contribution in [0.4, 0.5) is 10.6 Å². The van der Waals surface area contributed by atoms with Gasteiger partial charge < -0.3 is 15.0 Å². The van der Waals surface area contributed by atoms with E-state index in [1.54, 1.807) is 0 Å². The number of amides is 1. The number of hydrogen-bond donors (Lipinski definition) is 1. The highest BCUT2D eigenvalue weighted by molar-refractivity contribution is 5.68. The van der Waals surface area contributed by atoms with Crippen molar-refractivity contribution in [2.75, 3.05) is 18.0 Å². The Morgan fingerprint density at radius 2 is 1.89 bits per heavy atom. The van der Waals surface area contributed by atoms with E-state index in [1.165, 1.54) is 5.56 Å². The van der Waals surface area contributed by atoms with E-state index in [2.05, 4.69) is 27.3 Å². The molecule has 1 fully saturated rings. The molecule has 0 spiro atoms. The van der Waals surface area contributed by atoms with Crippen LogP contribution in [-0.2, 0) is 11.2 Å². The number of carbonyl (C=O) groups is 1. The first-order valence-corrected chi connectivity index (χ1v) is 9.49. The highest BCUT2D eigenvalue weighted by atomic mass is 16.6. The Kier molecular flexibility index (Phi) is 5.94. The second kappa shape index (κ2) is 8.37. The lowest BCUT2D eigenvalue weighted by Gasteiger charge is -2.33. The molecule has 6 heteroatoms. The molecule has 1 aliphatic rings. The number of piperidine rings is 1. The summed E-state index contributed by atoms with van der Waals surface area (Å²) in [7, 11) is 0. The van der Waals surface area contributed by atoms with Crippen LogP contribution in [0.25, 0.3) is 0 Å². The molecular formula is C21H28N4O2. The molecule has 1 saturated heterocycles. The van der Waals surface area contributed by atoms with Crippen molar-refractivity contribution in [2.24, 2.45) is 0 Å². The fourth-order valence-corrected chi connectivity index (χ4v) is 3.16. The molecule has 0 bridgehead atoms. The quantitative estimate of drug-likeness (QED) is 0.894. The van der Waals surface area contributed by atoms with Crippen molar-refractivity contribution in [1.29, 1.82) is 0 Å². The molecular weight excluding hydrogens is 340 g/mol. The van der Waals surface area contributed by atoms with Crippen LogP contribution in [0.15, 0.2) is 42.6 Å². The lowest BCUT2D eigenvalue weighted by atomic mass is 10.1. The molecule has 1 N–H and O–H groups in total. The zero-order valence-electron chi connectivity index (χ0n) is 16.3.